The number of para-hydroxylation sites is 1. The second kappa shape index (κ2) is 6.24. The van der Waals surface area contributed by atoms with Crippen molar-refractivity contribution in [3.63, 3.8) is 0 Å². The molecule has 0 spiro atoms. The molecule has 0 aliphatic rings. The number of aromatic carboxylic acids is 1. The second-order valence-corrected chi connectivity index (χ2v) is 6.58. The van der Waals surface area contributed by atoms with E-state index in [0.29, 0.717) is 16.8 Å². The molecule has 2 aromatic carbocycles. The molecule has 0 fully saturated rings. The molecule has 1 amide bonds. The van der Waals surface area contributed by atoms with Crippen molar-refractivity contribution in [2.45, 2.75) is 33.1 Å². The average molecular weight is 311 g/mol. The molecule has 2 N–H and O–H groups in total. The van der Waals surface area contributed by atoms with E-state index in [1.54, 1.807) is 31.2 Å². The number of anilines is 1. The molecule has 0 aliphatic heterocycles. The third kappa shape index (κ3) is 3.77. The zero-order chi connectivity index (χ0) is 17.2. The Bertz CT molecular complexity index is 740. The largest absolute Gasteiger partial charge is 0.478 e. The minimum absolute atomic E-state index is 0.0154. The van der Waals surface area contributed by atoms with Crippen LogP contribution in [0.5, 0.6) is 0 Å². The highest BCUT2D eigenvalue weighted by molar-refractivity contribution is 6.08. The first-order valence-electron chi connectivity index (χ1n) is 7.45. The van der Waals surface area contributed by atoms with Crippen molar-refractivity contribution in [2.75, 3.05) is 5.32 Å². The smallest absolute Gasteiger partial charge is 0.337 e. The number of nitrogens with one attached hydrogen (secondary N) is 1. The van der Waals surface area contributed by atoms with E-state index in [4.69, 9.17) is 0 Å². The molecule has 4 nitrogen and oxygen atoms in total. The van der Waals surface area contributed by atoms with Crippen molar-refractivity contribution in [1.82, 2.24) is 0 Å². The predicted octanol–water partition coefficient (Wildman–Crippen LogP) is 4.24. The quantitative estimate of drug-likeness (QED) is 0.891. The van der Waals surface area contributed by atoms with Crippen molar-refractivity contribution >= 4 is 17.6 Å². The first-order chi connectivity index (χ1) is 10.7. The van der Waals surface area contributed by atoms with Crippen LogP contribution in [0, 0.1) is 6.92 Å². The van der Waals surface area contributed by atoms with Crippen LogP contribution in [0.3, 0.4) is 0 Å². The van der Waals surface area contributed by atoms with Gasteiger partial charge in [0, 0.05) is 5.56 Å². The Hall–Kier alpha value is -2.62. The molecular weight excluding hydrogens is 290 g/mol. The number of benzene rings is 2. The van der Waals surface area contributed by atoms with Crippen molar-refractivity contribution in [2.24, 2.45) is 0 Å². The molecule has 0 saturated heterocycles. The van der Waals surface area contributed by atoms with Gasteiger partial charge in [0.1, 0.15) is 0 Å². The molecule has 0 heterocycles. The number of hydrogen-bond acceptors (Lipinski definition) is 2. The summed E-state index contributed by atoms with van der Waals surface area (Å²) in [7, 11) is 0. The predicted molar refractivity (Wildman–Crippen MR) is 91.2 cm³/mol. The van der Waals surface area contributed by atoms with Gasteiger partial charge in [-0.05, 0) is 41.7 Å². The number of carboxylic acids is 1. The second-order valence-electron chi connectivity index (χ2n) is 6.58. The van der Waals surface area contributed by atoms with Crippen LogP contribution in [-0.2, 0) is 5.41 Å². The Kier molecular flexibility index (Phi) is 4.55. The number of carboxylic acid groups (broad SMARTS) is 1. The SMILES string of the molecule is Cc1cccc(C(=O)O)c1NC(=O)c1ccc(C(C)(C)C)cc1. The van der Waals surface area contributed by atoms with Crippen molar-refractivity contribution in [3.05, 3.63) is 64.7 Å². The van der Waals surface area contributed by atoms with Gasteiger partial charge >= 0.3 is 5.97 Å². The van der Waals surface area contributed by atoms with Gasteiger partial charge in [-0.15, -0.1) is 0 Å². The molecule has 0 saturated carbocycles. The fourth-order valence-electron chi connectivity index (χ4n) is 2.32. The van der Waals surface area contributed by atoms with Crippen LogP contribution < -0.4 is 5.32 Å². The van der Waals surface area contributed by atoms with E-state index in [2.05, 4.69) is 26.1 Å². The summed E-state index contributed by atoms with van der Waals surface area (Å²) in [6.07, 6.45) is 0. The summed E-state index contributed by atoms with van der Waals surface area (Å²) in [5.74, 6) is -1.38. The van der Waals surface area contributed by atoms with Crippen LogP contribution in [-0.4, -0.2) is 17.0 Å². The Morgan fingerprint density at radius 2 is 1.61 bits per heavy atom. The molecule has 0 unspecified atom stereocenters. The van der Waals surface area contributed by atoms with Crippen LogP contribution >= 0.6 is 0 Å². The van der Waals surface area contributed by atoms with Crippen molar-refractivity contribution < 1.29 is 14.7 Å². The summed E-state index contributed by atoms with van der Waals surface area (Å²) in [4.78, 5) is 23.7. The Labute approximate surface area is 136 Å². The lowest BCUT2D eigenvalue weighted by Crippen LogP contribution is -2.17. The zero-order valence-electron chi connectivity index (χ0n) is 13.8. The number of rotatable bonds is 3. The molecular formula is C19H21NO3. The molecule has 0 bridgehead atoms. The highest BCUT2D eigenvalue weighted by atomic mass is 16.4. The molecule has 120 valence electrons. The van der Waals surface area contributed by atoms with Crippen LogP contribution in [0.25, 0.3) is 0 Å². The lowest BCUT2D eigenvalue weighted by atomic mass is 9.86. The van der Waals surface area contributed by atoms with Crippen molar-refractivity contribution in [1.29, 1.82) is 0 Å². The number of hydrogen-bond donors (Lipinski definition) is 2. The highest BCUT2D eigenvalue weighted by Gasteiger charge is 2.17. The Morgan fingerprint density at radius 1 is 1.00 bits per heavy atom. The molecule has 4 heteroatoms. The van der Waals surface area contributed by atoms with Gasteiger partial charge in [-0.1, -0.05) is 45.0 Å². The average Bonchev–Trinajstić information content (AvgIpc) is 2.48. The standard InChI is InChI=1S/C19H21NO3/c1-12-6-5-7-15(18(22)23)16(12)20-17(21)13-8-10-14(11-9-13)19(2,3)4/h5-11H,1-4H3,(H,20,21)(H,22,23). The van der Waals surface area contributed by atoms with Crippen LogP contribution in [0.4, 0.5) is 5.69 Å². The number of carbonyl (C=O) groups excluding carboxylic acids is 1. The van der Waals surface area contributed by atoms with Gasteiger partial charge in [-0.3, -0.25) is 4.79 Å². The Morgan fingerprint density at radius 3 is 2.13 bits per heavy atom. The van der Waals surface area contributed by atoms with Gasteiger partial charge in [0.15, 0.2) is 0 Å². The first kappa shape index (κ1) is 16.7. The third-order valence-electron chi connectivity index (χ3n) is 3.75. The van der Waals surface area contributed by atoms with Gasteiger partial charge in [-0.25, -0.2) is 4.79 Å². The molecule has 2 aromatic rings. The van der Waals surface area contributed by atoms with E-state index in [9.17, 15) is 14.7 Å². The van der Waals surface area contributed by atoms with E-state index < -0.39 is 5.97 Å². The summed E-state index contributed by atoms with van der Waals surface area (Å²) in [5.41, 5.74) is 2.79. The summed E-state index contributed by atoms with van der Waals surface area (Å²) in [5, 5.41) is 12.0. The third-order valence-corrected chi connectivity index (χ3v) is 3.75. The van der Waals surface area contributed by atoms with Crippen LogP contribution in [0.1, 0.15) is 52.6 Å². The molecule has 0 atom stereocenters. The van der Waals surface area contributed by atoms with Gasteiger partial charge < -0.3 is 10.4 Å². The van der Waals surface area contributed by atoms with E-state index >= 15 is 0 Å². The lowest BCUT2D eigenvalue weighted by molar-refractivity contribution is 0.0698. The van der Waals surface area contributed by atoms with Crippen LogP contribution in [0.2, 0.25) is 0 Å². The maximum absolute atomic E-state index is 12.4. The van der Waals surface area contributed by atoms with Gasteiger partial charge in [0.05, 0.1) is 11.3 Å². The maximum atomic E-state index is 12.4. The van der Waals surface area contributed by atoms with E-state index in [0.717, 1.165) is 5.56 Å². The maximum Gasteiger partial charge on any atom is 0.337 e. The van der Waals surface area contributed by atoms with E-state index in [-0.39, 0.29) is 16.9 Å². The van der Waals surface area contributed by atoms with Gasteiger partial charge in [-0.2, -0.15) is 0 Å². The number of amides is 1. The fourth-order valence-corrected chi connectivity index (χ4v) is 2.32. The summed E-state index contributed by atoms with van der Waals surface area (Å²) < 4.78 is 0. The number of aryl methyl sites for hydroxylation is 1. The highest BCUT2D eigenvalue weighted by Crippen LogP contribution is 2.24. The summed E-state index contributed by atoms with van der Waals surface area (Å²) >= 11 is 0. The minimum atomic E-state index is -1.06. The normalized spacial score (nSPS) is 11.1. The Balaban J connectivity index is 2.28. The molecule has 0 radical (unpaired) electrons. The van der Waals surface area contributed by atoms with E-state index in [1.807, 2.05) is 12.1 Å². The summed E-state index contributed by atoms with van der Waals surface area (Å²) in [6, 6.07) is 12.3. The van der Waals surface area contributed by atoms with Gasteiger partial charge in [0.2, 0.25) is 0 Å². The first-order valence-corrected chi connectivity index (χ1v) is 7.45. The van der Waals surface area contributed by atoms with Crippen LogP contribution in [0.15, 0.2) is 42.5 Å². The molecule has 0 aliphatic carbocycles. The molecule has 2 rings (SSSR count). The van der Waals surface area contributed by atoms with E-state index in [1.165, 1.54) is 6.07 Å². The molecule has 23 heavy (non-hydrogen) atoms. The zero-order valence-corrected chi connectivity index (χ0v) is 13.8. The van der Waals surface area contributed by atoms with Crippen molar-refractivity contribution in [3.8, 4) is 0 Å². The fraction of sp³-hybridized carbons (Fsp3) is 0.263. The monoisotopic (exact) mass is 311 g/mol. The minimum Gasteiger partial charge on any atom is -0.478 e. The number of carbonyl (C=O) groups is 2. The topological polar surface area (TPSA) is 66.4 Å². The molecule has 0 aromatic heterocycles. The van der Waals surface area contributed by atoms with Gasteiger partial charge in [0.25, 0.3) is 5.91 Å². The lowest BCUT2D eigenvalue weighted by Gasteiger charge is -2.19. The summed E-state index contributed by atoms with van der Waals surface area (Å²) in [6.45, 7) is 8.09.